The molecule has 3 N–H and O–H groups in total. The van der Waals surface area contributed by atoms with Gasteiger partial charge in [0.2, 0.25) is 15.9 Å². The Morgan fingerprint density at radius 1 is 1.32 bits per heavy atom. The molecule has 8 heteroatoms. The lowest BCUT2D eigenvalue weighted by molar-refractivity contribution is -0.125. The summed E-state index contributed by atoms with van der Waals surface area (Å²) in [5.74, 6) is 0.0550. The van der Waals surface area contributed by atoms with Crippen LogP contribution in [0.25, 0.3) is 0 Å². The van der Waals surface area contributed by atoms with E-state index in [4.69, 9.17) is 5.73 Å². The van der Waals surface area contributed by atoms with Gasteiger partial charge in [0.15, 0.2) is 0 Å². The second kappa shape index (κ2) is 8.38. The first-order chi connectivity index (χ1) is 11.3. The van der Waals surface area contributed by atoms with E-state index in [1.807, 2.05) is 26.8 Å². The van der Waals surface area contributed by atoms with Crippen LogP contribution in [0.2, 0.25) is 0 Å². The van der Waals surface area contributed by atoms with Gasteiger partial charge in [-0.2, -0.15) is 0 Å². The second-order valence-corrected chi connectivity index (χ2v) is 8.40. The summed E-state index contributed by atoms with van der Waals surface area (Å²) in [6.07, 6.45) is 1.94. The van der Waals surface area contributed by atoms with Crippen LogP contribution in [0, 0.1) is 12.3 Å². The SMILES string of the molecule is CCC(CC)(CN)C(=O)Nc1ccc(C)c(N2CCCS2(=O)=O)c1.Cl. The van der Waals surface area contributed by atoms with Crippen molar-refractivity contribution in [1.29, 1.82) is 0 Å². The Labute approximate surface area is 156 Å². The molecule has 0 saturated carbocycles. The highest BCUT2D eigenvalue weighted by atomic mass is 35.5. The number of halogens is 1. The fraction of sp³-hybridized carbons (Fsp3) is 0.588. The van der Waals surface area contributed by atoms with E-state index in [-0.39, 0.29) is 30.6 Å². The van der Waals surface area contributed by atoms with Crippen LogP contribution in [0.1, 0.15) is 38.7 Å². The molecular formula is C17H28ClN3O3S. The fourth-order valence-corrected chi connectivity index (χ4v) is 4.70. The number of aryl methyl sites for hydroxylation is 1. The third kappa shape index (κ3) is 4.27. The second-order valence-electron chi connectivity index (χ2n) is 6.39. The number of nitrogens with two attached hydrogens (primary N) is 1. The minimum absolute atomic E-state index is 0. The maximum absolute atomic E-state index is 12.6. The molecule has 1 aliphatic rings. The van der Waals surface area contributed by atoms with Crippen molar-refractivity contribution in [1.82, 2.24) is 0 Å². The van der Waals surface area contributed by atoms with Gasteiger partial charge in [-0.1, -0.05) is 19.9 Å². The molecule has 0 bridgehead atoms. The van der Waals surface area contributed by atoms with E-state index in [0.717, 1.165) is 5.56 Å². The lowest BCUT2D eigenvalue weighted by Crippen LogP contribution is -2.41. The van der Waals surface area contributed by atoms with Gasteiger partial charge in [-0.05, 0) is 43.9 Å². The summed E-state index contributed by atoms with van der Waals surface area (Å²) in [6, 6.07) is 5.37. The first-order valence-corrected chi connectivity index (χ1v) is 10.0. The van der Waals surface area contributed by atoms with Gasteiger partial charge in [0.05, 0.1) is 16.9 Å². The van der Waals surface area contributed by atoms with E-state index in [9.17, 15) is 13.2 Å². The number of amides is 1. The number of carbonyl (C=O) groups excluding carboxylic acids is 1. The Kier molecular flexibility index (Phi) is 7.28. The third-order valence-corrected chi connectivity index (χ3v) is 6.92. The van der Waals surface area contributed by atoms with Gasteiger partial charge in [-0.3, -0.25) is 9.10 Å². The number of nitrogens with one attached hydrogen (secondary N) is 1. The first-order valence-electron chi connectivity index (χ1n) is 8.42. The fourth-order valence-electron chi connectivity index (χ4n) is 3.08. The molecule has 0 aromatic heterocycles. The summed E-state index contributed by atoms with van der Waals surface area (Å²) in [5.41, 5.74) is 7.34. The number of benzene rings is 1. The average Bonchev–Trinajstić information content (AvgIpc) is 2.90. The Hall–Kier alpha value is -1.31. The Bertz CT molecular complexity index is 710. The smallest absolute Gasteiger partial charge is 0.235 e. The molecule has 2 rings (SSSR count). The molecule has 1 aromatic carbocycles. The molecule has 1 fully saturated rings. The van der Waals surface area contributed by atoms with Gasteiger partial charge in [0.25, 0.3) is 0 Å². The monoisotopic (exact) mass is 389 g/mol. The van der Waals surface area contributed by atoms with Crippen LogP contribution in [-0.4, -0.2) is 33.2 Å². The van der Waals surface area contributed by atoms with E-state index >= 15 is 0 Å². The molecule has 0 aliphatic carbocycles. The highest BCUT2D eigenvalue weighted by Crippen LogP contribution is 2.32. The summed E-state index contributed by atoms with van der Waals surface area (Å²) in [7, 11) is -3.25. The van der Waals surface area contributed by atoms with Gasteiger partial charge in [-0.15, -0.1) is 12.4 Å². The normalized spacial score (nSPS) is 16.4. The van der Waals surface area contributed by atoms with Crippen LogP contribution in [-0.2, 0) is 14.8 Å². The summed E-state index contributed by atoms with van der Waals surface area (Å²) >= 11 is 0. The van der Waals surface area contributed by atoms with Crippen LogP contribution in [0.4, 0.5) is 11.4 Å². The predicted octanol–water partition coefficient (Wildman–Crippen LogP) is 2.66. The molecular weight excluding hydrogens is 362 g/mol. The van der Waals surface area contributed by atoms with Crippen molar-refractivity contribution in [2.75, 3.05) is 28.5 Å². The van der Waals surface area contributed by atoms with Crippen molar-refractivity contribution >= 4 is 39.7 Å². The molecule has 1 amide bonds. The summed E-state index contributed by atoms with van der Waals surface area (Å²) in [5, 5.41) is 2.91. The van der Waals surface area contributed by atoms with E-state index < -0.39 is 15.4 Å². The van der Waals surface area contributed by atoms with E-state index in [2.05, 4.69) is 5.32 Å². The molecule has 25 heavy (non-hydrogen) atoms. The summed E-state index contributed by atoms with van der Waals surface area (Å²) in [6.45, 7) is 6.54. The number of hydrogen-bond acceptors (Lipinski definition) is 4. The molecule has 1 heterocycles. The van der Waals surface area contributed by atoms with Crippen molar-refractivity contribution in [2.24, 2.45) is 11.1 Å². The standard InChI is InChI=1S/C17H27N3O3S.ClH/c1-4-17(5-2,12-18)16(21)19-14-8-7-13(3)15(11-14)20-9-6-10-24(20,22)23;/h7-8,11H,4-6,9-10,12,18H2,1-3H3,(H,19,21);1H. The van der Waals surface area contributed by atoms with Crippen molar-refractivity contribution in [3.05, 3.63) is 23.8 Å². The van der Waals surface area contributed by atoms with Crippen molar-refractivity contribution < 1.29 is 13.2 Å². The van der Waals surface area contributed by atoms with Crippen molar-refractivity contribution in [3.8, 4) is 0 Å². The highest BCUT2D eigenvalue weighted by molar-refractivity contribution is 7.93. The lowest BCUT2D eigenvalue weighted by atomic mass is 9.81. The van der Waals surface area contributed by atoms with Crippen molar-refractivity contribution in [3.63, 3.8) is 0 Å². The Morgan fingerprint density at radius 2 is 1.96 bits per heavy atom. The average molecular weight is 390 g/mol. The molecule has 142 valence electrons. The number of anilines is 2. The van der Waals surface area contributed by atoms with Crippen LogP contribution in [0.3, 0.4) is 0 Å². The van der Waals surface area contributed by atoms with Gasteiger partial charge < -0.3 is 11.1 Å². The molecule has 0 unspecified atom stereocenters. The highest BCUT2D eigenvalue weighted by Gasteiger charge is 2.34. The van der Waals surface area contributed by atoms with Crippen LogP contribution >= 0.6 is 12.4 Å². The van der Waals surface area contributed by atoms with Crippen LogP contribution in [0.5, 0.6) is 0 Å². The molecule has 6 nitrogen and oxygen atoms in total. The number of rotatable bonds is 6. The maximum atomic E-state index is 12.6. The lowest BCUT2D eigenvalue weighted by Gasteiger charge is -2.29. The minimum Gasteiger partial charge on any atom is -0.329 e. The third-order valence-electron chi connectivity index (χ3n) is 5.06. The zero-order valence-corrected chi connectivity index (χ0v) is 16.7. The minimum atomic E-state index is -3.25. The Morgan fingerprint density at radius 3 is 2.44 bits per heavy atom. The zero-order valence-electron chi connectivity index (χ0n) is 15.0. The number of carbonyl (C=O) groups is 1. The molecule has 0 spiro atoms. The molecule has 1 aromatic rings. The van der Waals surface area contributed by atoms with Crippen molar-refractivity contribution in [2.45, 2.75) is 40.0 Å². The predicted molar refractivity (Wildman–Crippen MR) is 105 cm³/mol. The molecule has 0 radical (unpaired) electrons. The summed E-state index contributed by atoms with van der Waals surface area (Å²) in [4.78, 5) is 12.6. The van der Waals surface area contributed by atoms with Gasteiger partial charge in [0.1, 0.15) is 0 Å². The molecule has 1 saturated heterocycles. The van der Waals surface area contributed by atoms with Gasteiger partial charge >= 0.3 is 0 Å². The molecule has 0 atom stereocenters. The van der Waals surface area contributed by atoms with Crippen LogP contribution in [0.15, 0.2) is 18.2 Å². The van der Waals surface area contributed by atoms with Gasteiger partial charge in [0, 0.05) is 18.8 Å². The summed E-state index contributed by atoms with van der Waals surface area (Å²) < 4.78 is 25.8. The number of sulfonamides is 1. The maximum Gasteiger partial charge on any atom is 0.235 e. The van der Waals surface area contributed by atoms with E-state index in [1.54, 1.807) is 12.1 Å². The quantitative estimate of drug-likeness (QED) is 0.782. The first kappa shape index (κ1) is 21.7. The molecule has 1 aliphatic heterocycles. The van der Waals surface area contributed by atoms with Gasteiger partial charge in [-0.25, -0.2) is 8.42 Å². The Balaban J connectivity index is 0.00000312. The largest absolute Gasteiger partial charge is 0.329 e. The van der Waals surface area contributed by atoms with E-state index in [0.29, 0.717) is 37.2 Å². The number of hydrogen-bond donors (Lipinski definition) is 2. The van der Waals surface area contributed by atoms with Crippen LogP contribution < -0.4 is 15.4 Å². The number of nitrogens with zero attached hydrogens (tertiary/aromatic N) is 1. The topological polar surface area (TPSA) is 92.5 Å². The zero-order chi connectivity index (χ0) is 18.0. The van der Waals surface area contributed by atoms with E-state index in [1.165, 1.54) is 4.31 Å².